The fourth-order valence-electron chi connectivity index (χ4n) is 5.16. The van der Waals surface area contributed by atoms with Crippen LogP contribution >= 0.6 is 0 Å². The van der Waals surface area contributed by atoms with E-state index in [4.69, 9.17) is 5.26 Å². The van der Waals surface area contributed by atoms with Crippen molar-refractivity contribution < 1.29 is 5.11 Å². The fraction of sp³-hybridized carbons (Fsp3) is 0.333. The van der Waals surface area contributed by atoms with Gasteiger partial charge in [-0.3, -0.25) is 4.90 Å². The van der Waals surface area contributed by atoms with Gasteiger partial charge in [0.2, 0.25) is 0 Å². The number of phenols is 1. The summed E-state index contributed by atoms with van der Waals surface area (Å²) in [4.78, 5) is 2.54. The molecule has 1 aliphatic heterocycles. The maximum Gasteiger partial charge on any atom is 0.128 e. The Morgan fingerprint density at radius 2 is 1.90 bits per heavy atom. The van der Waals surface area contributed by atoms with Gasteiger partial charge in [0, 0.05) is 36.5 Å². The Balaban J connectivity index is 1.45. The second kappa shape index (κ2) is 13.1. The van der Waals surface area contributed by atoms with Crippen LogP contribution in [0.3, 0.4) is 0 Å². The summed E-state index contributed by atoms with van der Waals surface area (Å²) in [6.45, 7) is 16.0. The predicted molar refractivity (Wildman–Crippen MR) is 159 cm³/mol. The van der Waals surface area contributed by atoms with Crippen molar-refractivity contribution in [3.8, 4) is 11.8 Å². The minimum absolute atomic E-state index is 0.214. The lowest BCUT2D eigenvalue weighted by Crippen LogP contribution is -2.39. The number of phenolic OH excluding ortho intramolecular Hbond substituents is 1. The number of likely N-dealkylation sites (tertiary alicyclic amines) is 1. The Labute approximate surface area is 232 Å². The van der Waals surface area contributed by atoms with E-state index in [-0.39, 0.29) is 5.75 Å². The largest absolute Gasteiger partial charge is 0.507 e. The lowest BCUT2D eigenvalue weighted by molar-refractivity contribution is 0.167. The lowest BCUT2D eigenvalue weighted by Gasteiger charge is -2.33. The summed E-state index contributed by atoms with van der Waals surface area (Å²) in [5, 5.41) is 27.7. The SMILES string of the molecule is C=C(C#N)CCc1ccccc1CN1CCCC(CN/C(=C/C(=C)c2ccccc2O)n2ncc(C)c2C)C1. The molecule has 39 heavy (non-hydrogen) atoms. The minimum Gasteiger partial charge on any atom is -0.507 e. The molecule has 0 saturated carbocycles. The van der Waals surface area contributed by atoms with Crippen molar-refractivity contribution >= 4 is 11.4 Å². The van der Waals surface area contributed by atoms with Gasteiger partial charge in [0.05, 0.1) is 12.3 Å². The summed E-state index contributed by atoms with van der Waals surface area (Å²) >= 11 is 0. The number of para-hydroxylation sites is 1. The topological polar surface area (TPSA) is 77.1 Å². The third kappa shape index (κ3) is 7.28. The maximum atomic E-state index is 10.3. The number of nitrogens with one attached hydrogen (secondary N) is 1. The Morgan fingerprint density at radius 3 is 2.62 bits per heavy atom. The summed E-state index contributed by atoms with van der Waals surface area (Å²) in [7, 11) is 0. The molecule has 2 heterocycles. The number of nitriles is 1. The van der Waals surface area contributed by atoms with Gasteiger partial charge in [-0.25, -0.2) is 4.68 Å². The number of piperidine rings is 1. The fourth-order valence-corrected chi connectivity index (χ4v) is 5.16. The van der Waals surface area contributed by atoms with Crippen LogP contribution < -0.4 is 5.32 Å². The molecule has 0 amide bonds. The average Bonchev–Trinajstić information content (AvgIpc) is 3.28. The number of aromatic nitrogens is 2. The van der Waals surface area contributed by atoms with Gasteiger partial charge in [0.15, 0.2) is 0 Å². The molecule has 0 aliphatic carbocycles. The van der Waals surface area contributed by atoms with Gasteiger partial charge in [-0.2, -0.15) is 10.4 Å². The Bertz CT molecular complexity index is 1390. The van der Waals surface area contributed by atoms with Crippen LogP contribution in [0.5, 0.6) is 5.75 Å². The lowest BCUT2D eigenvalue weighted by atomic mass is 9.96. The molecule has 1 atom stereocenters. The van der Waals surface area contributed by atoms with E-state index in [9.17, 15) is 5.11 Å². The van der Waals surface area contributed by atoms with Crippen LogP contribution in [0, 0.1) is 31.1 Å². The van der Waals surface area contributed by atoms with Crippen molar-refractivity contribution in [3.63, 3.8) is 0 Å². The molecule has 0 radical (unpaired) electrons. The van der Waals surface area contributed by atoms with Crippen LogP contribution in [-0.4, -0.2) is 39.4 Å². The number of nitrogens with zero attached hydrogens (tertiary/aromatic N) is 4. The molecular weight excluding hydrogens is 482 g/mol. The number of rotatable bonds is 11. The smallest absolute Gasteiger partial charge is 0.128 e. The molecule has 1 fully saturated rings. The predicted octanol–water partition coefficient (Wildman–Crippen LogP) is 6.23. The van der Waals surface area contributed by atoms with Crippen LogP contribution in [-0.2, 0) is 13.0 Å². The van der Waals surface area contributed by atoms with Crippen molar-refractivity contribution in [2.75, 3.05) is 19.6 Å². The van der Waals surface area contributed by atoms with Crippen LogP contribution in [0.4, 0.5) is 0 Å². The molecule has 0 bridgehead atoms. The van der Waals surface area contributed by atoms with Gasteiger partial charge >= 0.3 is 0 Å². The first-order chi connectivity index (χ1) is 18.9. The zero-order valence-electron chi connectivity index (χ0n) is 23.2. The molecule has 1 unspecified atom stereocenters. The second-order valence-electron chi connectivity index (χ2n) is 10.5. The molecule has 4 rings (SSSR count). The first-order valence-corrected chi connectivity index (χ1v) is 13.7. The van der Waals surface area contributed by atoms with Gasteiger partial charge in [0.1, 0.15) is 11.6 Å². The van der Waals surface area contributed by atoms with E-state index in [0.717, 1.165) is 68.1 Å². The van der Waals surface area contributed by atoms with E-state index in [0.29, 0.717) is 23.5 Å². The molecule has 6 nitrogen and oxygen atoms in total. The molecular formula is C33H39N5O. The number of allylic oxidation sites excluding steroid dienone is 3. The highest BCUT2D eigenvalue weighted by molar-refractivity contribution is 5.80. The van der Waals surface area contributed by atoms with E-state index in [1.165, 1.54) is 11.1 Å². The molecule has 0 spiro atoms. The number of benzene rings is 2. The number of hydrogen-bond donors (Lipinski definition) is 2. The van der Waals surface area contributed by atoms with Gasteiger partial charge < -0.3 is 10.4 Å². The van der Waals surface area contributed by atoms with E-state index >= 15 is 0 Å². The minimum atomic E-state index is 0.214. The highest BCUT2D eigenvalue weighted by Gasteiger charge is 2.21. The average molecular weight is 522 g/mol. The summed E-state index contributed by atoms with van der Waals surface area (Å²) in [6, 6.07) is 18.0. The van der Waals surface area contributed by atoms with Crippen molar-refractivity contribution in [2.24, 2.45) is 5.92 Å². The van der Waals surface area contributed by atoms with E-state index in [1.54, 1.807) is 6.07 Å². The van der Waals surface area contributed by atoms with E-state index in [2.05, 4.69) is 72.7 Å². The molecule has 2 N–H and O–H groups in total. The Morgan fingerprint density at radius 1 is 1.15 bits per heavy atom. The van der Waals surface area contributed by atoms with Crippen LogP contribution in [0.1, 0.15) is 47.2 Å². The zero-order chi connectivity index (χ0) is 27.8. The van der Waals surface area contributed by atoms with Gasteiger partial charge in [-0.1, -0.05) is 55.6 Å². The van der Waals surface area contributed by atoms with Gasteiger partial charge in [-0.15, -0.1) is 0 Å². The highest BCUT2D eigenvalue weighted by atomic mass is 16.3. The number of hydrogen-bond acceptors (Lipinski definition) is 5. The summed E-state index contributed by atoms with van der Waals surface area (Å²) in [6.07, 6.45) is 7.72. The first-order valence-electron chi connectivity index (χ1n) is 13.7. The normalized spacial score (nSPS) is 16.0. The Hall–Kier alpha value is -4.08. The van der Waals surface area contributed by atoms with Crippen LogP contribution in [0.25, 0.3) is 11.4 Å². The van der Waals surface area contributed by atoms with Crippen molar-refractivity contribution in [1.29, 1.82) is 5.26 Å². The van der Waals surface area contributed by atoms with Crippen molar-refractivity contribution in [3.05, 3.63) is 107 Å². The molecule has 1 aromatic heterocycles. The standard InChI is InChI=1S/C33H39N5O/c1-24(19-34)15-16-29-11-5-6-12-30(29)23-37-17-9-10-28(22-37)21-35-33(38-27(4)26(3)20-36-38)18-25(2)31-13-7-8-14-32(31)39/h5-8,11-14,18,20,28,35,39H,1-2,9-10,15-17,21-23H2,3-4H3/b33-18-. The second-order valence-corrected chi connectivity index (χ2v) is 10.5. The van der Waals surface area contributed by atoms with Crippen molar-refractivity contribution in [2.45, 2.75) is 46.1 Å². The van der Waals surface area contributed by atoms with Gasteiger partial charge in [0.25, 0.3) is 0 Å². The molecule has 6 heteroatoms. The van der Waals surface area contributed by atoms with E-state index < -0.39 is 0 Å². The van der Waals surface area contributed by atoms with Crippen LogP contribution in [0.15, 0.2) is 79.5 Å². The molecule has 202 valence electrons. The molecule has 1 saturated heterocycles. The quantitative estimate of drug-likeness (QED) is 0.231. The third-order valence-corrected chi connectivity index (χ3v) is 7.59. The number of aromatic hydroxyl groups is 1. The molecule has 1 aliphatic rings. The molecule has 3 aromatic rings. The van der Waals surface area contributed by atoms with E-state index in [1.807, 2.05) is 35.2 Å². The summed E-state index contributed by atoms with van der Waals surface area (Å²) < 4.78 is 1.92. The van der Waals surface area contributed by atoms with Gasteiger partial charge in [-0.05, 0) is 86.4 Å². The van der Waals surface area contributed by atoms with Crippen LogP contribution in [0.2, 0.25) is 0 Å². The third-order valence-electron chi connectivity index (χ3n) is 7.59. The maximum absolute atomic E-state index is 10.3. The first kappa shape index (κ1) is 27.9. The monoisotopic (exact) mass is 521 g/mol. The summed E-state index contributed by atoms with van der Waals surface area (Å²) in [5.74, 6) is 1.56. The number of aryl methyl sites for hydroxylation is 2. The summed E-state index contributed by atoms with van der Waals surface area (Å²) in [5.41, 5.74) is 6.89. The highest BCUT2D eigenvalue weighted by Crippen LogP contribution is 2.26. The zero-order valence-corrected chi connectivity index (χ0v) is 23.2. The van der Waals surface area contributed by atoms with Crippen molar-refractivity contribution in [1.82, 2.24) is 20.0 Å². The Kier molecular flexibility index (Phi) is 9.40. The molecule has 2 aromatic carbocycles.